The summed E-state index contributed by atoms with van der Waals surface area (Å²) >= 11 is 0. The number of carbonyl (C=O) groups is 1. The first kappa shape index (κ1) is 19.6. The predicted octanol–water partition coefficient (Wildman–Crippen LogP) is 4.68. The molecule has 0 saturated carbocycles. The number of carboxylic acids is 1. The normalized spacial score (nSPS) is 10.6. The van der Waals surface area contributed by atoms with Crippen LogP contribution in [0.5, 0.6) is 11.5 Å². The van der Waals surface area contributed by atoms with E-state index in [-0.39, 0.29) is 23.3 Å². The molecule has 0 spiro atoms. The predicted molar refractivity (Wildman–Crippen MR) is 95.5 cm³/mol. The van der Waals surface area contributed by atoms with Crippen LogP contribution >= 0.6 is 0 Å². The fourth-order valence-electron chi connectivity index (χ4n) is 2.71. The Morgan fingerprint density at radius 2 is 1.25 bits per heavy atom. The second kappa shape index (κ2) is 8.96. The lowest BCUT2D eigenvalue weighted by molar-refractivity contribution is -0.137. The minimum atomic E-state index is -0.807. The van der Waals surface area contributed by atoms with Crippen molar-refractivity contribution in [2.24, 2.45) is 0 Å². The maximum absolute atomic E-state index is 10.8. The van der Waals surface area contributed by atoms with Gasteiger partial charge in [0.05, 0.1) is 0 Å². The van der Waals surface area contributed by atoms with Gasteiger partial charge in [-0.1, -0.05) is 45.0 Å². The number of rotatable bonds is 6. The molecule has 4 heteroatoms. The van der Waals surface area contributed by atoms with E-state index in [2.05, 4.69) is 0 Å². The van der Waals surface area contributed by atoms with Gasteiger partial charge in [-0.15, -0.1) is 0 Å². The Balaban J connectivity index is 0.00000139. The second-order valence-electron chi connectivity index (χ2n) is 5.67. The summed E-state index contributed by atoms with van der Waals surface area (Å²) in [6, 6.07) is 13.9. The van der Waals surface area contributed by atoms with E-state index in [0.717, 1.165) is 11.1 Å². The standard InChI is InChI=1S/C18H20O4.C2H6/c1-18(12-2-3-17(21)22,13-4-8-15(19)9-5-13)14-6-10-16(20)11-7-14;1-2/h4-11,19-20H,2-3,12H2,1H3,(H,21,22);1-2H3. The summed E-state index contributed by atoms with van der Waals surface area (Å²) in [5, 5.41) is 27.8. The number of phenolic OH excluding ortho intramolecular Hbond substituents is 2. The van der Waals surface area contributed by atoms with E-state index >= 15 is 0 Å². The zero-order chi connectivity index (χ0) is 18.2. The molecule has 2 aromatic carbocycles. The van der Waals surface area contributed by atoms with Crippen molar-refractivity contribution in [1.82, 2.24) is 0 Å². The van der Waals surface area contributed by atoms with E-state index < -0.39 is 5.97 Å². The van der Waals surface area contributed by atoms with Crippen molar-refractivity contribution >= 4 is 5.97 Å². The monoisotopic (exact) mass is 330 g/mol. The molecule has 0 aliphatic rings. The van der Waals surface area contributed by atoms with Crippen LogP contribution in [-0.4, -0.2) is 21.3 Å². The SMILES string of the molecule is CC.CC(CCCC(=O)O)(c1ccc(O)cc1)c1ccc(O)cc1. The van der Waals surface area contributed by atoms with Crippen LogP contribution in [0.25, 0.3) is 0 Å². The molecule has 24 heavy (non-hydrogen) atoms. The largest absolute Gasteiger partial charge is 0.508 e. The van der Waals surface area contributed by atoms with E-state index in [1.54, 1.807) is 24.3 Å². The molecule has 4 nitrogen and oxygen atoms in total. The molecular formula is C20H26O4. The number of phenols is 2. The van der Waals surface area contributed by atoms with Gasteiger partial charge in [0.1, 0.15) is 11.5 Å². The summed E-state index contributed by atoms with van der Waals surface area (Å²) in [7, 11) is 0. The zero-order valence-electron chi connectivity index (χ0n) is 14.5. The highest BCUT2D eigenvalue weighted by Crippen LogP contribution is 2.38. The summed E-state index contributed by atoms with van der Waals surface area (Å²) < 4.78 is 0. The number of benzene rings is 2. The maximum Gasteiger partial charge on any atom is 0.303 e. The van der Waals surface area contributed by atoms with Crippen LogP contribution in [0.4, 0.5) is 0 Å². The van der Waals surface area contributed by atoms with Crippen molar-refractivity contribution in [3.8, 4) is 11.5 Å². The van der Waals surface area contributed by atoms with E-state index in [1.165, 1.54) is 0 Å². The van der Waals surface area contributed by atoms with Crippen molar-refractivity contribution in [3.05, 3.63) is 59.7 Å². The van der Waals surface area contributed by atoms with Crippen molar-refractivity contribution in [3.63, 3.8) is 0 Å². The average Bonchev–Trinajstić information content (AvgIpc) is 2.57. The van der Waals surface area contributed by atoms with Gasteiger partial charge in [0.25, 0.3) is 0 Å². The van der Waals surface area contributed by atoms with Crippen molar-refractivity contribution in [1.29, 1.82) is 0 Å². The molecule has 130 valence electrons. The Kier molecular flexibility index (Phi) is 7.31. The van der Waals surface area contributed by atoms with Gasteiger partial charge in [0.15, 0.2) is 0 Å². The Bertz CT molecular complexity index is 584. The molecule has 0 atom stereocenters. The molecule has 0 saturated heterocycles. The summed E-state index contributed by atoms with van der Waals surface area (Å²) in [6.45, 7) is 6.05. The lowest BCUT2D eigenvalue weighted by atomic mass is 9.73. The van der Waals surface area contributed by atoms with Gasteiger partial charge < -0.3 is 15.3 Å². The number of aliphatic carboxylic acids is 1. The van der Waals surface area contributed by atoms with E-state index in [4.69, 9.17) is 5.11 Å². The third-order valence-electron chi connectivity index (χ3n) is 4.08. The molecular weight excluding hydrogens is 304 g/mol. The van der Waals surface area contributed by atoms with Gasteiger partial charge in [-0.25, -0.2) is 0 Å². The Morgan fingerprint density at radius 1 is 0.875 bits per heavy atom. The molecule has 0 heterocycles. The van der Waals surface area contributed by atoms with Crippen LogP contribution in [0.2, 0.25) is 0 Å². The Morgan fingerprint density at radius 3 is 1.58 bits per heavy atom. The fourth-order valence-corrected chi connectivity index (χ4v) is 2.71. The molecule has 0 radical (unpaired) electrons. The molecule has 0 aliphatic heterocycles. The molecule has 2 aromatic rings. The van der Waals surface area contributed by atoms with Crippen LogP contribution in [0.1, 0.15) is 51.2 Å². The highest BCUT2D eigenvalue weighted by Gasteiger charge is 2.28. The number of hydrogen-bond donors (Lipinski definition) is 3. The average molecular weight is 330 g/mol. The van der Waals surface area contributed by atoms with E-state index in [9.17, 15) is 15.0 Å². The molecule has 0 aliphatic carbocycles. The highest BCUT2D eigenvalue weighted by molar-refractivity contribution is 5.66. The lowest BCUT2D eigenvalue weighted by Gasteiger charge is -2.31. The van der Waals surface area contributed by atoms with E-state index in [0.29, 0.717) is 12.8 Å². The van der Waals surface area contributed by atoms with Crippen LogP contribution in [0, 0.1) is 0 Å². The second-order valence-corrected chi connectivity index (χ2v) is 5.67. The fraction of sp³-hybridized carbons (Fsp3) is 0.350. The summed E-state index contributed by atoms with van der Waals surface area (Å²) in [4.78, 5) is 10.8. The lowest BCUT2D eigenvalue weighted by Crippen LogP contribution is -2.24. The number of carboxylic acid groups (broad SMARTS) is 1. The molecule has 0 unspecified atom stereocenters. The summed E-state index contributed by atoms with van der Waals surface area (Å²) in [5.41, 5.74) is 1.62. The van der Waals surface area contributed by atoms with Gasteiger partial charge in [0, 0.05) is 11.8 Å². The molecule has 0 bridgehead atoms. The van der Waals surface area contributed by atoms with Crippen molar-refractivity contribution < 1.29 is 20.1 Å². The summed E-state index contributed by atoms with van der Waals surface area (Å²) in [6.07, 6.45) is 1.33. The molecule has 0 aromatic heterocycles. The van der Waals surface area contributed by atoms with Crippen LogP contribution < -0.4 is 0 Å². The van der Waals surface area contributed by atoms with Gasteiger partial charge in [-0.05, 0) is 48.2 Å². The first-order valence-corrected chi connectivity index (χ1v) is 8.22. The Hall–Kier alpha value is -2.49. The Labute approximate surface area is 143 Å². The number of hydrogen-bond acceptors (Lipinski definition) is 3. The van der Waals surface area contributed by atoms with Crippen LogP contribution in [0.15, 0.2) is 48.5 Å². The number of aromatic hydroxyl groups is 2. The first-order chi connectivity index (χ1) is 11.4. The van der Waals surface area contributed by atoms with Gasteiger partial charge in [-0.3, -0.25) is 4.79 Å². The van der Waals surface area contributed by atoms with Crippen molar-refractivity contribution in [2.45, 2.75) is 45.4 Å². The van der Waals surface area contributed by atoms with Crippen LogP contribution in [0.3, 0.4) is 0 Å². The third kappa shape index (κ3) is 5.01. The molecule has 2 rings (SSSR count). The first-order valence-electron chi connectivity index (χ1n) is 8.22. The van der Waals surface area contributed by atoms with Gasteiger partial charge in [-0.2, -0.15) is 0 Å². The van der Waals surface area contributed by atoms with Crippen molar-refractivity contribution in [2.75, 3.05) is 0 Å². The topological polar surface area (TPSA) is 77.8 Å². The third-order valence-corrected chi connectivity index (χ3v) is 4.08. The smallest absolute Gasteiger partial charge is 0.303 e. The molecule has 0 fully saturated rings. The zero-order valence-corrected chi connectivity index (χ0v) is 14.5. The highest BCUT2D eigenvalue weighted by atomic mass is 16.4. The molecule has 0 amide bonds. The minimum Gasteiger partial charge on any atom is -0.508 e. The maximum atomic E-state index is 10.8. The van der Waals surface area contributed by atoms with Gasteiger partial charge in [0.2, 0.25) is 0 Å². The molecule has 3 N–H and O–H groups in total. The van der Waals surface area contributed by atoms with E-state index in [1.807, 2.05) is 45.0 Å². The van der Waals surface area contributed by atoms with Gasteiger partial charge >= 0.3 is 5.97 Å². The van der Waals surface area contributed by atoms with Crippen LogP contribution in [-0.2, 0) is 10.2 Å². The quantitative estimate of drug-likeness (QED) is 0.718. The minimum absolute atomic E-state index is 0.117. The summed E-state index contributed by atoms with van der Waals surface area (Å²) in [5.74, 6) is -0.413.